The SMILES string of the molecule is C/C=C\CC[C@@H](N[S@@](=O)C(C)(C)C)c1ccncc1Br. The van der Waals surface area contributed by atoms with Crippen LogP contribution in [0.25, 0.3) is 0 Å². The Morgan fingerprint density at radius 1 is 1.50 bits per heavy atom. The van der Waals surface area contributed by atoms with Crippen molar-refractivity contribution in [3.05, 3.63) is 40.6 Å². The lowest BCUT2D eigenvalue weighted by molar-refractivity contribution is 0.573. The molecular formula is C15H23BrN2OS. The second-order valence-corrected chi connectivity index (χ2v) is 8.45. The van der Waals surface area contributed by atoms with Crippen molar-refractivity contribution in [3.8, 4) is 0 Å². The van der Waals surface area contributed by atoms with Gasteiger partial charge in [-0.25, -0.2) is 8.93 Å². The first-order valence-corrected chi connectivity index (χ1v) is 8.69. The van der Waals surface area contributed by atoms with Crippen molar-refractivity contribution in [1.29, 1.82) is 0 Å². The molecule has 0 spiro atoms. The molecule has 0 saturated heterocycles. The summed E-state index contributed by atoms with van der Waals surface area (Å²) >= 11 is 3.53. The minimum Gasteiger partial charge on any atom is -0.264 e. The summed E-state index contributed by atoms with van der Waals surface area (Å²) in [7, 11) is -1.10. The Morgan fingerprint density at radius 3 is 2.75 bits per heavy atom. The van der Waals surface area contributed by atoms with Crippen LogP contribution >= 0.6 is 15.9 Å². The van der Waals surface area contributed by atoms with Gasteiger partial charge >= 0.3 is 0 Å². The molecule has 3 nitrogen and oxygen atoms in total. The number of rotatable bonds is 6. The summed E-state index contributed by atoms with van der Waals surface area (Å²) in [6, 6.07) is 2.01. The highest BCUT2D eigenvalue weighted by Gasteiger charge is 2.24. The molecule has 1 heterocycles. The van der Waals surface area contributed by atoms with Gasteiger partial charge in [0.05, 0.1) is 15.7 Å². The summed E-state index contributed by atoms with van der Waals surface area (Å²) in [6.07, 6.45) is 9.56. The molecule has 112 valence electrons. The summed E-state index contributed by atoms with van der Waals surface area (Å²) in [5.41, 5.74) is 1.10. The first kappa shape index (κ1) is 17.5. The Hall–Kier alpha value is -0.520. The zero-order chi connectivity index (χ0) is 15.2. The third-order valence-electron chi connectivity index (χ3n) is 2.84. The summed E-state index contributed by atoms with van der Waals surface area (Å²) < 4.78 is 16.3. The lowest BCUT2D eigenvalue weighted by Gasteiger charge is -2.25. The molecule has 0 aliphatic heterocycles. The fourth-order valence-electron chi connectivity index (χ4n) is 1.68. The maximum Gasteiger partial charge on any atom is 0.0975 e. The zero-order valence-electron chi connectivity index (χ0n) is 12.5. The number of nitrogens with one attached hydrogen (secondary N) is 1. The van der Waals surface area contributed by atoms with E-state index >= 15 is 0 Å². The molecule has 2 atom stereocenters. The largest absolute Gasteiger partial charge is 0.264 e. The van der Waals surface area contributed by atoms with Gasteiger partial charge in [0.1, 0.15) is 0 Å². The molecule has 0 aliphatic carbocycles. The van der Waals surface area contributed by atoms with Gasteiger partial charge in [-0.1, -0.05) is 12.2 Å². The first-order valence-electron chi connectivity index (χ1n) is 6.75. The highest BCUT2D eigenvalue weighted by Crippen LogP contribution is 2.27. The molecule has 1 aromatic rings. The number of allylic oxidation sites excluding steroid dienone is 2. The summed E-state index contributed by atoms with van der Waals surface area (Å²) in [6.45, 7) is 7.93. The van der Waals surface area contributed by atoms with E-state index in [1.54, 1.807) is 12.4 Å². The third kappa shape index (κ3) is 5.46. The van der Waals surface area contributed by atoms with Crippen LogP contribution in [0.3, 0.4) is 0 Å². The molecule has 0 bridgehead atoms. The van der Waals surface area contributed by atoms with Crippen LogP contribution in [0.5, 0.6) is 0 Å². The predicted molar refractivity (Wildman–Crippen MR) is 89.8 cm³/mol. The minimum absolute atomic E-state index is 0.0450. The number of hydrogen-bond acceptors (Lipinski definition) is 2. The quantitative estimate of drug-likeness (QED) is 0.770. The van der Waals surface area contributed by atoms with Crippen molar-refractivity contribution in [1.82, 2.24) is 9.71 Å². The van der Waals surface area contributed by atoms with Crippen molar-refractivity contribution < 1.29 is 4.21 Å². The molecule has 0 aromatic carbocycles. The van der Waals surface area contributed by atoms with Crippen LogP contribution in [0, 0.1) is 0 Å². The molecule has 20 heavy (non-hydrogen) atoms. The lowest BCUT2D eigenvalue weighted by Crippen LogP contribution is -2.35. The van der Waals surface area contributed by atoms with Gasteiger partial charge in [-0.05, 0) is 68.1 Å². The van der Waals surface area contributed by atoms with Crippen molar-refractivity contribution in [3.63, 3.8) is 0 Å². The molecule has 0 unspecified atom stereocenters. The second-order valence-electron chi connectivity index (χ2n) is 5.60. The molecular weight excluding hydrogens is 336 g/mol. The number of pyridine rings is 1. The topological polar surface area (TPSA) is 42.0 Å². The fourth-order valence-corrected chi connectivity index (χ4v) is 3.07. The highest BCUT2D eigenvalue weighted by molar-refractivity contribution is 9.10. The van der Waals surface area contributed by atoms with E-state index in [2.05, 4.69) is 31.7 Å². The van der Waals surface area contributed by atoms with Crippen LogP contribution in [0.4, 0.5) is 0 Å². The Balaban J connectivity index is 2.91. The van der Waals surface area contributed by atoms with Crippen LogP contribution in [0.1, 0.15) is 52.1 Å². The van der Waals surface area contributed by atoms with E-state index in [0.29, 0.717) is 0 Å². The van der Waals surface area contributed by atoms with Gasteiger partial charge in [0.2, 0.25) is 0 Å². The molecule has 0 aliphatic rings. The molecule has 0 radical (unpaired) electrons. The van der Waals surface area contributed by atoms with Crippen LogP contribution in [-0.2, 0) is 11.0 Å². The maximum atomic E-state index is 12.3. The third-order valence-corrected chi connectivity index (χ3v) is 5.12. The monoisotopic (exact) mass is 358 g/mol. The Bertz CT molecular complexity index is 483. The number of hydrogen-bond donors (Lipinski definition) is 1. The van der Waals surface area contributed by atoms with Crippen LogP contribution in [-0.4, -0.2) is 13.9 Å². The smallest absolute Gasteiger partial charge is 0.0975 e. The van der Waals surface area contributed by atoms with Gasteiger partial charge in [0.25, 0.3) is 0 Å². The molecule has 1 aromatic heterocycles. The molecule has 1 N–H and O–H groups in total. The average Bonchev–Trinajstić information content (AvgIpc) is 2.37. The van der Waals surface area contributed by atoms with E-state index in [4.69, 9.17) is 0 Å². The molecule has 0 saturated carbocycles. The standard InChI is InChI=1S/C15H23BrN2OS/c1-5-6-7-8-14(18-20(19)15(2,3)4)12-9-10-17-11-13(12)16/h5-6,9-11,14,18H,7-8H2,1-4H3/b6-5-/t14-,20+/m1/s1. The number of nitrogens with zero attached hydrogens (tertiary/aromatic N) is 1. The fraction of sp³-hybridized carbons (Fsp3) is 0.533. The predicted octanol–water partition coefficient (Wildman–Crippen LogP) is 4.29. The maximum absolute atomic E-state index is 12.3. The zero-order valence-corrected chi connectivity index (χ0v) is 14.9. The lowest BCUT2D eigenvalue weighted by atomic mass is 10.0. The highest BCUT2D eigenvalue weighted by atomic mass is 79.9. The second kappa shape index (κ2) is 8.05. The van der Waals surface area contributed by atoms with Crippen molar-refractivity contribution >= 4 is 26.9 Å². The average molecular weight is 359 g/mol. The van der Waals surface area contributed by atoms with E-state index < -0.39 is 11.0 Å². The molecule has 0 amide bonds. The molecule has 0 fully saturated rings. The van der Waals surface area contributed by atoms with Gasteiger partial charge in [-0.15, -0.1) is 0 Å². The summed E-state index contributed by atoms with van der Waals surface area (Å²) in [5, 5.41) is 0. The van der Waals surface area contributed by atoms with Crippen LogP contribution < -0.4 is 4.72 Å². The van der Waals surface area contributed by atoms with E-state index in [0.717, 1.165) is 22.9 Å². The Kier molecular flexibility index (Phi) is 7.06. The Morgan fingerprint density at radius 2 is 2.20 bits per heavy atom. The minimum atomic E-state index is -1.10. The van der Waals surface area contributed by atoms with Gasteiger partial charge in [0.15, 0.2) is 0 Å². The van der Waals surface area contributed by atoms with Crippen LogP contribution in [0.15, 0.2) is 35.1 Å². The van der Waals surface area contributed by atoms with Gasteiger partial charge in [0, 0.05) is 22.9 Å². The first-order chi connectivity index (χ1) is 9.36. The summed E-state index contributed by atoms with van der Waals surface area (Å²) in [4.78, 5) is 4.09. The van der Waals surface area contributed by atoms with Crippen molar-refractivity contribution in [2.75, 3.05) is 0 Å². The van der Waals surface area contributed by atoms with Crippen LogP contribution in [0.2, 0.25) is 0 Å². The van der Waals surface area contributed by atoms with Crippen molar-refractivity contribution in [2.45, 2.75) is 51.3 Å². The molecule has 1 rings (SSSR count). The van der Waals surface area contributed by atoms with Gasteiger partial charge in [-0.2, -0.15) is 0 Å². The number of aromatic nitrogens is 1. The van der Waals surface area contributed by atoms with Crippen molar-refractivity contribution in [2.24, 2.45) is 0 Å². The van der Waals surface area contributed by atoms with E-state index in [-0.39, 0.29) is 10.8 Å². The van der Waals surface area contributed by atoms with E-state index in [1.807, 2.05) is 39.8 Å². The Labute approximate surface area is 133 Å². The van der Waals surface area contributed by atoms with Gasteiger partial charge in [-0.3, -0.25) is 4.98 Å². The normalized spacial score (nSPS) is 15.4. The van der Waals surface area contributed by atoms with E-state index in [9.17, 15) is 4.21 Å². The van der Waals surface area contributed by atoms with E-state index in [1.165, 1.54) is 0 Å². The number of halogens is 1. The summed E-state index contributed by atoms with van der Waals surface area (Å²) in [5.74, 6) is 0. The molecule has 5 heteroatoms. The van der Waals surface area contributed by atoms with Gasteiger partial charge < -0.3 is 0 Å².